The van der Waals surface area contributed by atoms with E-state index >= 15 is 0 Å². The summed E-state index contributed by atoms with van der Waals surface area (Å²) >= 11 is 0. The lowest BCUT2D eigenvalue weighted by atomic mass is 10.1. The average Bonchev–Trinajstić information content (AvgIpc) is 3.07. The fourth-order valence-electron chi connectivity index (χ4n) is 3.71. The molecule has 0 bridgehead atoms. The van der Waals surface area contributed by atoms with E-state index in [9.17, 15) is 0 Å². The fraction of sp³-hybridized carbons (Fsp3) is 0.458. The number of hydrogen-bond donors (Lipinski definition) is 2. The molecule has 0 aliphatic carbocycles. The minimum absolute atomic E-state index is 0. The molecule has 1 unspecified atom stereocenters. The third-order valence-electron chi connectivity index (χ3n) is 5.10. The van der Waals surface area contributed by atoms with Crippen LogP contribution in [-0.4, -0.2) is 44.7 Å². The molecule has 2 aromatic carbocycles. The van der Waals surface area contributed by atoms with Gasteiger partial charge in [0, 0.05) is 44.2 Å². The highest BCUT2D eigenvalue weighted by atomic mass is 127. The third-order valence-corrected chi connectivity index (χ3v) is 5.10. The molecule has 1 heterocycles. The van der Waals surface area contributed by atoms with Crippen LogP contribution in [0.3, 0.4) is 0 Å². The monoisotopic (exact) mass is 538 g/mol. The zero-order valence-corrected chi connectivity index (χ0v) is 21.5. The molecule has 0 amide bonds. The zero-order chi connectivity index (χ0) is 21.5. The van der Waals surface area contributed by atoms with Crippen molar-refractivity contribution in [2.24, 2.45) is 4.99 Å². The van der Waals surface area contributed by atoms with Crippen molar-refractivity contribution in [1.29, 1.82) is 0 Å². The second-order valence-corrected chi connectivity index (χ2v) is 7.92. The van der Waals surface area contributed by atoms with E-state index in [-0.39, 0.29) is 30.1 Å². The summed E-state index contributed by atoms with van der Waals surface area (Å²) in [5.41, 5.74) is 4.87. The number of halogens is 1. The van der Waals surface area contributed by atoms with E-state index in [2.05, 4.69) is 77.9 Å². The first-order valence-corrected chi connectivity index (χ1v) is 10.6. The summed E-state index contributed by atoms with van der Waals surface area (Å²) in [6.07, 6.45) is 1.15. The van der Waals surface area contributed by atoms with E-state index in [0.717, 1.165) is 36.0 Å². The molecular formula is C24H35IN4O2. The van der Waals surface area contributed by atoms with E-state index in [1.165, 1.54) is 16.7 Å². The van der Waals surface area contributed by atoms with Crippen molar-refractivity contribution in [3.05, 3.63) is 58.7 Å². The molecule has 3 rings (SSSR count). The number of aliphatic imine (C=N–C) groups is 1. The van der Waals surface area contributed by atoms with Crippen LogP contribution in [0.25, 0.3) is 0 Å². The first kappa shape index (κ1) is 25.3. The predicted molar refractivity (Wildman–Crippen MR) is 138 cm³/mol. The van der Waals surface area contributed by atoms with Crippen LogP contribution in [0.4, 0.5) is 0 Å². The van der Waals surface area contributed by atoms with E-state index < -0.39 is 0 Å². The molecular weight excluding hydrogens is 503 g/mol. The molecule has 0 spiro atoms. The van der Waals surface area contributed by atoms with E-state index in [0.29, 0.717) is 19.7 Å². The molecule has 1 aliphatic heterocycles. The minimum Gasteiger partial charge on any atom is -0.494 e. The van der Waals surface area contributed by atoms with Crippen LogP contribution in [0.15, 0.2) is 41.4 Å². The molecule has 1 aliphatic rings. The van der Waals surface area contributed by atoms with Gasteiger partial charge in [-0.05, 0) is 51.2 Å². The van der Waals surface area contributed by atoms with Crippen LogP contribution >= 0.6 is 24.0 Å². The lowest BCUT2D eigenvalue weighted by molar-refractivity contribution is 0.254. The van der Waals surface area contributed by atoms with Gasteiger partial charge in [-0.25, -0.2) is 0 Å². The summed E-state index contributed by atoms with van der Waals surface area (Å²) in [5, 5.41) is 6.84. The standard InChI is InChI=1S/C24H34N4O2.HI/c1-6-29-22-12-20-11-17(2)30-23(20)13-21(22)15-27-24(25-3)26-14-18-9-7-8-10-19(18)16-28(4)5;/h7-10,12-13,17H,6,11,14-16H2,1-5H3,(H2,25,26,27);1H. The van der Waals surface area contributed by atoms with Gasteiger partial charge in [0.1, 0.15) is 17.6 Å². The topological polar surface area (TPSA) is 58.1 Å². The molecule has 170 valence electrons. The number of benzene rings is 2. The van der Waals surface area contributed by atoms with Gasteiger partial charge < -0.3 is 25.0 Å². The van der Waals surface area contributed by atoms with Crippen LogP contribution in [0.1, 0.15) is 36.1 Å². The lowest BCUT2D eigenvalue weighted by Crippen LogP contribution is -2.36. The second-order valence-electron chi connectivity index (χ2n) is 7.92. The molecule has 0 aromatic heterocycles. The molecule has 31 heavy (non-hydrogen) atoms. The third kappa shape index (κ3) is 7.00. The van der Waals surface area contributed by atoms with Gasteiger partial charge >= 0.3 is 0 Å². The molecule has 2 N–H and O–H groups in total. The number of guanidine groups is 1. The van der Waals surface area contributed by atoms with Crippen LogP contribution in [0, 0.1) is 0 Å². The SMILES string of the molecule is CCOc1cc2c(cc1CNC(=NC)NCc1ccccc1CN(C)C)OC(C)C2.I. The average molecular weight is 538 g/mol. The van der Waals surface area contributed by atoms with Crippen LogP contribution in [0.2, 0.25) is 0 Å². The summed E-state index contributed by atoms with van der Waals surface area (Å²) in [7, 11) is 5.96. The fourth-order valence-corrected chi connectivity index (χ4v) is 3.71. The molecule has 0 fully saturated rings. The maximum absolute atomic E-state index is 5.93. The molecule has 0 saturated carbocycles. The van der Waals surface area contributed by atoms with Crippen molar-refractivity contribution in [3.8, 4) is 11.5 Å². The van der Waals surface area contributed by atoms with Gasteiger partial charge in [0.25, 0.3) is 0 Å². The largest absolute Gasteiger partial charge is 0.494 e. The van der Waals surface area contributed by atoms with E-state index in [4.69, 9.17) is 9.47 Å². The maximum Gasteiger partial charge on any atom is 0.191 e. The summed E-state index contributed by atoms with van der Waals surface area (Å²) in [5.74, 6) is 2.63. The summed E-state index contributed by atoms with van der Waals surface area (Å²) in [4.78, 5) is 6.56. The Hall–Kier alpha value is -2.00. The van der Waals surface area contributed by atoms with Gasteiger partial charge in [-0.15, -0.1) is 24.0 Å². The van der Waals surface area contributed by atoms with Crippen molar-refractivity contribution in [2.75, 3.05) is 27.7 Å². The normalized spacial score (nSPS) is 15.2. The van der Waals surface area contributed by atoms with Gasteiger partial charge in [0.05, 0.1) is 6.61 Å². The first-order chi connectivity index (χ1) is 14.5. The lowest BCUT2D eigenvalue weighted by Gasteiger charge is -2.17. The Morgan fingerprint density at radius 1 is 1.13 bits per heavy atom. The zero-order valence-electron chi connectivity index (χ0n) is 19.2. The van der Waals surface area contributed by atoms with Gasteiger partial charge in [-0.1, -0.05) is 24.3 Å². The van der Waals surface area contributed by atoms with Crippen LogP contribution in [-0.2, 0) is 26.1 Å². The highest BCUT2D eigenvalue weighted by Gasteiger charge is 2.22. The molecule has 2 aromatic rings. The van der Waals surface area contributed by atoms with Crippen LogP contribution < -0.4 is 20.1 Å². The first-order valence-electron chi connectivity index (χ1n) is 10.6. The van der Waals surface area contributed by atoms with E-state index in [1.807, 2.05) is 6.92 Å². The van der Waals surface area contributed by atoms with Crippen LogP contribution in [0.5, 0.6) is 11.5 Å². The highest BCUT2D eigenvalue weighted by Crippen LogP contribution is 2.35. The Morgan fingerprint density at radius 3 is 2.45 bits per heavy atom. The van der Waals surface area contributed by atoms with Crippen molar-refractivity contribution in [1.82, 2.24) is 15.5 Å². The molecule has 6 nitrogen and oxygen atoms in total. The summed E-state index contributed by atoms with van der Waals surface area (Å²) < 4.78 is 11.8. The Morgan fingerprint density at radius 2 is 1.81 bits per heavy atom. The van der Waals surface area contributed by atoms with Gasteiger partial charge in [-0.2, -0.15) is 0 Å². The Bertz CT molecular complexity index is 886. The number of nitrogens with zero attached hydrogens (tertiary/aromatic N) is 2. The molecule has 1 atom stereocenters. The smallest absolute Gasteiger partial charge is 0.191 e. The van der Waals surface area contributed by atoms with Gasteiger partial charge in [0.2, 0.25) is 0 Å². The number of ether oxygens (including phenoxy) is 2. The predicted octanol–water partition coefficient (Wildman–Crippen LogP) is 3.95. The Kier molecular flexibility index (Phi) is 9.90. The molecule has 7 heteroatoms. The summed E-state index contributed by atoms with van der Waals surface area (Å²) in [6.45, 7) is 6.98. The number of hydrogen-bond acceptors (Lipinski definition) is 4. The molecule has 0 saturated heterocycles. The summed E-state index contributed by atoms with van der Waals surface area (Å²) in [6, 6.07) is 12.7. The van der Waals surface area contributed by atoms with Gasteiger partial charge in [0.15, 0.2) is 5.96 Å². The maximum atomic E-state index is 5.93. The number of fused-ring (bicyclic) bond motifs is 1. The molecule has 0 radical (unpaired) electrons. The van der Waals surface area contributed by atoms with Crippen molar-refractivity contribution >= 4 is 29.9 Å². The van der Waals surface area contributed by atoms with Crippen molar-refractivity contribution in [3.63, 3.8) is 0 Å². The Labute approximate surface area is 203 Å². The second kappa shape index (κ2) is 12.1. The number of rotatable bonds is 8. The van der Waals surface area contributed by atoms with E-state index in [1.54, 1.807) is 7.05 Å². The minimum atomic E-state index is 0. The van der Waals surface area contributed by atoms with Crippen molar-refractivity contribution < 1.29 is 9.47 Å². The Balaban J connectivity index is 0.00000341. The number of nitrogens with one attached hydrogen (secondary N) is 2. The highest BCUT2D eigenvalue weighted by molar-refractivity contribution is 14.0. The quantitative estimate of drug-likeness (QED) is 0.303. The van der Waals surface area contributed by atoms with Gasteiger partial charge in [-0.3, -0.25) is 4.99 Å². The van der Waals surface area contributed by atoms with Crippen molar-refractivity contribution in [2.45, 2.75) is 46.0 Å².